The van der Waals surface area contributed by atoms with Gasteiger partial charge in [0, 0.05) is 38.3 Å². The topological polar surface area (TPSA) is 41.6 Å². The summed E-state index contributed by atoms with van der Waals surface area (Å²) in [6.45, 7) is 3.67. The van der Waals surface area contributed by atoms with E-state index in [2.05, 4.69) is 10.2 Å². The Bertz CT molecular complexity index is 523. The lowest BCUT2D eigenvalue weighted by molar-refractivity contribution is -0.117. The molecule has 1 aromatic carbocycles. The van der Waals surface area contributed by atoms with Crippen molar-refractivity contribution in [1.82, 2.24) is 4.90 Å². The van der Waals surface area contributed by atoms with Crippen LogP contribution in [0, 0.1) is 11.7 Å². The molecule has 2 atom stereocenters. The van der Waals surface area contributed by atoms with Gasteiger partial charge in [0.2, 0.25) is 5.91 Å². The Labute approximate surface area is 130 Å². The molecule has 3 rings (SSSR count). The van der Waals surface area contributed by atoms with Crippen LogP contribution < -0.4 is 5.32 Å². The zero-order valence-corrected chi connectivity index (χ0v) is 12.8. The average molecular weight is 306 g/mol. The summed E-state index contributed by atoms with van der Waals surface area (Å²) in [5, 5.41) is 2.75. The van der Waals surface area contributed by atoms with Crippen LogP contribution in [0.25, 0.3) is 0 Å². The summed E-state index contributed by atoms with van der Waals surface area (Å²) in [4.78, 5) is 14.3. The zero-order valence-electron chi connectivity index (χ0n) is 12.8. The van der Waals surface area contributed by atoms with Gasteiger partial charge in [0.25, 0.3) is 0 Å². The highest BCUT2D eigenvalue weighted by atomic mass is 19.1. The number of anilines is 1. The fraction of sp³-hybridized carbons (Fsp3) is 0.588. The Morgan fingerprint density at radius 1 is 1.41 bits per heavy atom. The Hall–Kier alpha value is -1.46. The van der Waals surface area contributed by atoms with Gasteiger partial charge in [-0.05, 0) is 43.4 Å². The third-order valence-electron chi connectivity index (χ3n) is 4.56. The number of nitrogens with one attached hydrogen (secondary N) is 1. The van der Waals surface area contributed by atoms with E-state index in [1.54, 1.807) is 12.1 Å². The highest BCUT2D eigenvalue weighted by Crippen LogP contribution is 2.28. The summed E-state index contributed by atoms with van der Waals surface area (Å²) in [6.07, 6.45) is 4.31. The third kappa shape index (κ3) is 4.05. The van der Waals surface area contributed by atoms with E-state index in [9.17, 15) is 9.18 Å². The largest absolute Gasteiger partial charge is 0.378 e. The predicted octanol–water partition coefficient (Wildman–Crippen LogP) is 2.66. The third-order valence-corrected chi connectivity index (χ3v) is 4.56. The summed E-state index contributed by atoms with van der Waals surface area (Å²) in [5.74, 6) is 0.221. The van der Waals surface area contributed by atoms with Crippen molar-refractivity contribution in [3.05, 3.63) is 30.1 Å². The number of benzene rings is 1. The summed E-state index contributed by atoms with van der Waals surface area (Å²) in [6, 6.07) is 6.00. The zero-order chi connectivity index (χ0) is 15.4. The second-order valence-electron chi connectivity index (χ2n) is 6.21. The van der Waals surface area contributed by atoms with Gasteiger partial charge in [0.1, 0.15) is 5.82 Å². The molecule has 2 heterocycles. The Morgan fingerprint density at radius 3 is 3.18 bits per heavy atom. The molecule has 1 aromatic rings. The lowest BCUT2D eigenvalue weighted by atomic mass is 9.88. The fourth-order valence-electron chi connectivity index (χ4n) is 3.42. The molecule has 2 fully saturated rings. The summed E-state index contributed by atoms with van der Waals surface area (Å²) < 4.78 is 18.9. The van der Waals surface area contributed by atoms with Crippen LogP contribution in [0.2, 0.25) is 0 Å². The number of ether oxygens (including phenoxy) is 1. The van der Waals surface area contributed by atoms with E-state index in [0.29, 0.717) is 24.1 Å². The van der Waals surface area contributed by atoms with Crippen LogP contribution >= 0.6 is 0 Å². The van der Waals surface area contributed by atoms with Gasteiger partial charge in [-0.2, -0.15) is 0 Å². The minimum Gasteiger partial charge on any atom is -0.378 e. The molecule has 0 unspecified atom stereocenters. The number of nitrogens with zero attached hydrogens (tertiary/aromatic N) is 1. The summed E-state index contributed by atoms with van der Waals surface area (Å²) in [7, 11) is 0. The number of halogens is 1. The minimum absolute atomic E-state index is 0.0624. The van der Waals surface area contributed by atoms with Gasteiger partial charge >= 0.3 is 0 Å². The summed E-state index contributed by atoms with van der Waals surface area (Å²) in [5.41, 5.74) is 0.518. The van der Waals surface area contributed by atoms with E-state index in [-0.39, 0.29) is 11.7 Å². The minimum atomic E-state index is -0.336. The van der Waals surface area contributed by atoms with Crippen LogP contribution in [0.3, 0.4) is 0 Å². The Balaban J connectivity index is 1.43. The van der Waals surface area contributed by atoms with Gasteiger partial charge in [-0.3, -0.25) is 4.79 Å². The second kappa shape index (κ2) is 7.20. The van der Waals surface area contributed by atoms with Crippen molar-refractivity contribution >= 4 is 11.6 Å². The van der Waals surface area contributed by atoms with Crippen molar-refractivity contribution in [1.29, 1.82) is 0 Å². The van der Waals surface area contributed by atoms with Crippen LogP contribution in [0.4, 0.5) is 10.1 Å². The fourth-order valence-corrected chi connectivity index (χ4v) is 3.42. The molecule has 0 spiro atoms. The van der Waals surface area contributed by atoms with Crippen LogP contribution in [0.1, 0.15) is 25.7 Å². The van der Waals surface area contributed by atoms with E-state index in [1.807, 2.05) is 0 Å². The van der Waals surface area contributed by atoms with E-state index >= 15 is 0 Å². The molecule has 1 amide bonds. The van der Waals surface area contributed by atoms with Crippen LogP contribution in [0.5, 0.6) is 0 Å². The Morgan fingerprint density at radius 2 is 2.32 bits per heavy atom. The molecular weight excluding hydrogens is 283 g/mol. The number of carbonyl (C=O) groups is 1. The molecule has 1 N–H and O–H groups in total. The average Bonchev–Trinajstić information content (AvgIpc) is 2.53. The van der Waals surface area contributed by atoms with Crippen LogP contribution in [0.15, 0.2) is 24.3 Å². The molecule has 4 nitrogen and oxygen atoms in total. The van der Waals surface area contributed by atoms with Gasteiger partial charge < -0.3 is 15.0 Å². The highest BCUT2D eigenvalue weighted by molar-refractivity contribution is 5.90. The number of likely N-dealkylation sites (tertiary alicyclic amines) is 1. The SMILES string of the molecule is O=C(CCN1CC[C@H]2OCCC[C@@H]2C1)Nc1cccc(F)c1. The van der Waals surface area contributed by atoms with Gasteiger partial charge in [-0.1, -0.05) is 6.07 Å². The molecule has 0 aliphatic carbocycles. The number of hydrogen-bond donors (Lipinski definition) is 1. The van der Waals surface area contributed by atoms with E-state index in [0.717, 1.165) is 39.1 Å². The predicted molar refractivity (Wildman–Crippen MR) is 83.2 cm³/mol. The van der Waals surface area contributed by atoms with Crippen LogP contribution in [-0.2, 0) is 9.53 Å². The molecule has 2 aliphatic heterocycles. The Kier molecular flexibility index (Phi) is 5.05. The number of rotatable bonds is 4. The molecular formula is C17H23FN2O2. The first-order valence-corrected chi connectivity index (χ1v) is 8.10. The molecule has 120 valence electrons. The molecule has 0 radical (unpaired) electrons. The lowest BCUT2D eigenvalue weighted by Crippen LogP contribution is -2.46. The van der Waals surface area contributed by atoms with E-state index in [4.69, 9.17) is 4.74 Å². The second-order valence-corrected chi connectivity index (χ2v) is 6.21. The monoisotopic (exact) mass is 306 g/mol. The van der Waals surface area contributed by atoms with Crippen molar-refractivity contribution in [2.24, 2.45) is 5.92 Å². The quantitative estimate of drug-likeness (QED) is 0.930. The maximum absolute atomic E-state index is 13.1. The van der Waals surface area contributed by atoms with Gasteiger partial charge in [0.05, 0.1) is 6.10 Å². The highest BCUT2D eigenvalue weighted by Gasteiger charge is 2.31. The maximum Gasteiger partial charge on any atom is 0.225 e. The van der Waals surface area contributed by atoms with Crippen molar-refractivity contribution in [2.45, 2.75) is 31.8 Å². The molecule has 2 aliphatic rings. The van der Waals surface area contributed by atoms with E-state index in [1.165, 1.54) is 18.6 Å². The molecule has 0 bridgehead atoms. The number of amides is 1. The summed E-state index contributed by atoms with van der Waals surface area (Å²) >= 11 is 0. The molecule has 22 heavy (non-hydrogen) atoms. The van der Waals surface area contributed by atoms with Crippen molar-refractivity contribution in [3.63, 3.8) is 0 Å². The van der Waals surface area contributed by atoms with Gasteiger partial charge in [-0.15, -0.1) is 0 Å². The normalized spacial score (nSPS) is 25.5. The van der Waals surface area contributed by atoms with Gasteiger partial charge in [0.15, 0.2) is 0 Å². The smallest absolute Gasteiger partial charge is 0.225 e. The number of hydrogen-bond acceptors (Lipinski definition) is 3. The van der Waals surface area contributed by atoms with Crippen LogP contribution in [-0.4, -0.2) is 43.2 Å². The first-order valence-electron chi connectivity index (χ1n) is 8.10. The number of carbonyl (C=O) groups excluding carboxylic acids is 1. The number of piperidine rings is 1. The maximum atomic E-state index is 13.1. The lowest BCUT2D eigenvalue weighted by Gasteiger charge is -2.41. The van der Waals surface area contributed by atoms with E-state index < -0.39 is 0 Å². The molecule has 0 aromatic heterocycles. The van der Waals surface area contributed by atoms with Gasteiger partial charge in [-0.25, -0.2) is 4.39 Å². The molecule has 2 saturated heterocycles. The van der Waals surface area contributed by atoms with Crippen molar-refractivity contribution in [3.8, 4) is 0 Å². The first-order chi connectivity index (χ1) is 10.7. The first kappa shape index (κ1) is 15.4. The molecule has 5 heteroatoms. The number of fused-ring (bicyclic) bond motifs is 1. The molecule has 0 saturated carbocycles. The van der Waals surface area contributed by atoms with Crippen molar-refractivity contribution < 1.29 is 13.9 Å². The van der Waals surface area contributed by atoms with Crippen molar-refractivity contribution in [2.75, 3.05) is 31.6 Å². The standard InChI is InChI=1S/C17H23FN2O2/c18-14-4-1-5-15(11-14)19-17(21)7-9-20-8-6-16-13(12-20)3-2-10-22-16/h1,4-5,11,13,16H,2-3,6-10,12H2,(H,19,21)/t13-,16-/m1/s1.